The maximum atomic E-state index is 11.0. The number of benzene rings is 1. The Morgan fingerprint density at radius 2 is 1.52 bits per heavy atom. The van der Waals surface area contributed by atoms with Crippen LogP contribution in [0, 0.1) is 6.92 Å². The van der Waals surface area contributed by atoms with Gasteiger partial charge in [0, 0.05) is 12.0 Å². The molecule has 0 heterocycles. The summed E-state index contributed by atoms with van der Waals surface area (Å²) in [4.78, 5) is 0. The highest BCUT2D eigenvalue weighted by Gasteiger charge is 2.02. The predicted molar refractivity (Wildman–Crippen MR) is 98.3 cm³/mol. The van der Waals surface area contributed by atoms with E-state index in [4.69, 9.17) is 16.3 Å². The Hall–Kier alpha value is -0.740. The monoisotopic (exact) mass is 360 g/mol. The van der Waals surface area contributed by atoms with Gasteiger partial charge in [-0.15, -0.1) is 0 Å². The second-order valence-corrected chi connectivity index (χ2v) is 8.91. The molecule has 3 nitrogen and oxygen atoms in total. The predicted octanol–water partition coefficient (Wildman–Crippen LogP) is 5.19. The molecule has 0 spiro atoms. The van der Waals surface area contributed by atoms with Crippen LogP contribution in [0.3, 0.4) is 0 Å². The molecule has 0 aliphatic rings. The highest BCUT2D eigenvalue weighted by molar-refractivity contribution is 7.90. The summed E-state index contributed by atoms with van der Waals surface area (Å²) < 4.78 is 27.7. The number of unbranched alkanes of at least 4 members (excludes halogenated alkanes) is 7. The van der Waals surface area contributed by atoms with Crippen molar-refractivity contribution in [2.45, 2.75) is 58.3 Å². The lowest BCUT2D eigenvalue weighted by Gasteiger charge is -2.08. The number of hydrogen-bond acceptors (Lipinski definition) is 3. The molecule has 0 amide bonds. The molecular weight excluding hydrogens is 332 g/mol. The summed E-state index contributed by atoms with van der Waals surface area (Å²) in [6.45, 7) is 2.72. The van der Waals surface area contributed by atoms with Crippen LogP contribution in [0.4, 0.5) is 0 Å². The molecular formula is C18H29ClO3S. The van der Waals surface area contributed by atoms with E-state index in [0.29, 0.717) is 17.4 Å². The molecule has 1 rings (SSSR count). The summed E-state index contributed by atoms with van der Waals surface area (Å²) in [6, 6.07) is 5.85. The molecule has 1 aromatic carbocycles. The van der Waals surface area contributed by atoms with Crippen molar-refractivity contribution in [2.75, 3.05) is 18.6 Å². The molecule has 5 heteroatoms. The van der Waals surface area contributed by atoms with Gasteiger partial charge in [-0.3, -0.25) is 0 Å². The van der Waals surface area contributed by atoms with Crippen molar-refractivity contribution in [3.05, 3.63) is 28.8 Å². The van der Waals surface area contributed by atoms with Crippen LogP contribution in [0.25, 0.3) is 0 Å². The normalized spacial score (nSPS) is 11.6. The number of halogens is 1. The fourth-order valence-electron chi connectivity index (χ4n) is 2.43. The molecule has 0 saturated carbocycles. The Morgan fingerprint density at radius 1 is 0.957 bits per heavy atom. The van der Waals surface area contributed by atoms with Crippen molar-refractivity contribution in [3.63, 3.8) is 0 Å². The molecule has 0 radical (unpaired) electrons. The van der Waals surface area contributed by atoms with Crippen LogP contribution in [-0.4, -0.2) is 27.0 Å². The third-order valence-corrected chi connectivity index (χ3v) is 5.08. The van der Waals surface area contributed by atoms with Crippen molar-refractivity contribution in [2.24, 2.45) is 0 Å². The fourth-order valence-corrected chi connectivity index (χ4v) is 3.45. The van der Waals surface area contributed by atoms with Gasteiger partial charge in [0.2, 0.25) is 0 Å². The van der Waals surface area contributed by atoms with Gasteiger partial charge in [-0.2, -0.15) is 0 Å². The average Bonchev–Trinajstić information content (AvgIpc) is 2.45. The zero-order valence-corrected chi connectivity index (χ0v) is 15.9. The molecule has 0 aromatic heterocycles. The molecule has 0 saturated heterocycles. The first-order valence-corrected chi connectivity index (χ1v) is 10.9. The van der Waals surface area contributed by atoms with Crippen LogP contribution in [0.2, 0.25) is 5.02 Å². The highest BCUT2D eigenvalue weighted by atomic mass is 35.5. The second kappa shape index (κ2) is 10.9. The number of rotatable bonds is 12. The summed E-state index contributed by atoms with van der Waals surface area (Å²) in [7, 11) is -2.78. The topological polar surface area (TPSA) is 43.4 Å². The maximum absolute atomic E-state index is 11.0. The minimum absolute atomic E-state index is 0.325. The van der Waals surface area contributed by atoms with E-state index in [2.05, 4.69) is 0 Å². The molecule has 0 aliphatic carbocycles. The van der Waals surface area contributed by atoms with Gasteiger partial charge in [-0.05, 0) is 37.5 Å². The van der Waals surface area contributed by atoms with E-state index in [1.54, 1.807) is 0 Å². The van der Waals surface area contributed by atoms with E-state index in [1.165, 1.54) is 25.5 Å². The Balaban J connectivity index is 1.94. The fraction of sp³-hybridized carbons (Fsp3) is 0.667. The van der Waals surface area contributed by atoms with Gasteiger partial charge in [-0.25, -0.2) is 8.42 Å². The van der Waals surface area contributed by atoms with Gasteiger partial charge < -0.3 is 4.74 Å². The van der Waals surface area contributed by atoms with E-state index in [1.807, 2.05) is 25.1 Å². The number of hydrogen-bond donors (Lipinski definition) is 0. The second-order valence-electron chi connectivity index (χ2n) is 6.24. The van der Waals surface area contributed by atoms with Crippen molar-refractivity contribution in [3.8, 4) is 5.75 Å². The van der Waals surface area contributed by atoms with E-state index in [-0.39, 0.29) is 0 Å². The minimum Gasteiger partial charge on any atom is -0.492 e. The molecule has 23 heavy (non-hydrogen) atoms. The van der Waals surface area contributed by atoms with Gasteiger partial charge in [0.1, 0.15) is 15.6 Å². The molecule has 1 aromatic rings. The van der Waals surface area contributed by atoms with Crippen molar-refractivity contribution >= 4 is 21.4 Å². The van der Waals surface area contributed by atoms with Gasteiger partial charge in [0.05, 0.1) is 11.6 Å². The summed E-state index contributed by atoms with van der Waals surface area (Å²) in [5.74, 6) is 1.09. The van der Waals surface area contributed by atoms with Crippen LogP contribution in [0.15, 0.2) is 18.2 Å². The maximum Gasteiger partial charge on any atom is 0.147 e. The lowest BCUT2D eigenvalue weighted by atomic mass is 10.1. The Bertz CT molecular complexity index is 555. The molecule has 0 fully saturated rings. The van der Waals surface area contributed by atoms with Crippen LogP contribution >= 0.6 is 11.6 Å². The SMILES string of the molecule is Cc1ccc(OCCCCCCCCCCS(C)(=O)=O)c(Cl)c1. The first-order valence-electron chi connectivity index (χ1n) is 8.45. The summed E-state index contributed by atoms with van der Waals surface area (Å²) in [5.41, 5.74) is 1.14. The lowest BCUT2D eigenvalue weighted by molar-refractivity contribution is 0.304. The van der Waals surface area contributed by atoms with E-state index in [9.17, 15) is 8.42 Å². The molecule has 0 atom stereocenters. The average molecular weight is 361 g/mol. The Morgan fingerprint density at radius 3 is 2.09 bits per heavy atom. The lowest BCUT2D eigenvalue weighted by Crippen LogP contribution is -2.02. The largest absolute Gasteiger partial charge is 0.492 e. The molecule has 0 unspecified atom stereocenters. The standard InChI is InChI=1S/C18H29ClO3S/c1-16-11-12-18(17(19)15-16)22-13-9-7-5-3-4-6-8-10-14-23(2,20)21/h11-12,15H,3-10,13-14H2,1-2H3. The van der Waals surface area contributed by atoms with Gasteiger partial charge in [0.15, 0.2) is 0 Å². The first kappa shape index (κ1) is 20.3. The highest BCUT2D eigenvalue weighted by Crippen LogP contribution is 2.25. The summed E-state index contributed by atoms with van der Waals surface area (Å²) >= 11 is 6.12. The Labute approximate surface area is 146 Å². The van der Waals surface area contributed by atoms with Crippen molar-refractivity contribution in [1.29, 1.82) is 0 Å². The van der Waals surface area contributed by atoms with Gasteiger partial charge in [-0.1, -0.05) is 56.2 Å². The molecule has 0 bridgehead atoms. The van der Waals surface area contributed by atoms with Gasteiger partial charge in [0.25, 0.3) is 0 Å². The molecule has 0 N–H and O–H groups in total. The third kappa shape index (κ3) is 10.6. The third-order valence-electron chi connectivity index (χ3n) is 3.75. The Kier molecular flexibility index (Phi) is 9.65. The smallest absolute Gasteiger partial charge is 0.147 e. The summed E-state index contributed by atoms with van der Waals surface area (Å²) in [5, 5.41) is 0.680. The number of aryl methyl sites for hydroxylation is 1. The van der Waals surface area contributed by atoms with Crippen LogP contribution in [0.1, 0.15) is 56.9 Å². The van der Waals surface area contributed by atoms with E-state index >= 15 is 0 Å². The zero-order chi connectivity index (χ0) is 17.1. The number of ether oxygens (including phenoxy) is 1. The number of sulfone groups is 1. The van der Waals surface area contributed by atoms with Gasteiger partial charge >= 0.3 is 0 Å². The van der Waals surface area contributed by atoms with E-state index in [0.717, 1.165) is 43.4 Å². The van der Waals surface area contributed by atoms with Crippen LogP contribution in [-0.2, 0) is 9.84 Å². The quantitative estimate of drug-likeness (QED) is 0.481. The van der Waals surface area contributed by atoms with Crippen molar-refractivity contribution in [1.82, 2.24) is 0 Å². The van der Waals surface area contributed by atoms with Crippen LogP contribution < -0.4 is 4.74 Å². The molecule has 132 valence electrons. The summed E-state index contributed by atoms with van der Waals surface area (Å²) in [6.07, 6.45) is 10.1. The molecule has 0 aliphatic heterocycles. The van der Waals surface area contributed by atoms with Crippen LogP contribution in [0.5, 0.6) is 5.75 Å². The minimum atomic E-state index is -2.78. The van der Waals surface area contributed by atoms with Crippen molar-refractivity contribution < 1.29 is 13.2 Å². The zero-order valence-electron chi connectivity index (χ0n) is 14.3. The van der Waals surface area contributed by atoms with E-state index < -0.39 is 9.84 Å². The first-order chi connectivity index (χ1) is 10.9.